The number of rotatable bonds is 4. The zero-order valence-corrected chi connectivity index (χ0v) is 13.4. The van der Waals surface area contributed by atoms with Gasteiger partial charge in [-0.25, -0.2) is 4.98 Å². The molecule has 0 saturated carbocycles. The number of thiazole rings is 1. The molecule has 2 aromatic carbocycles. The first-order valence-corrected chi connectivity index (χ1v) is 8.25. The van der Waals surface area contributed by atoms with Crippen LogP contribution in [0.3, 0.4) is 0 Å². The van der Waals surface area contributed by atoms with Gasteiger partial charge in [-0.1, -0.05) is 18.2 Å². The van der Waals surface area contributed by atoms with E-state index >= 15 is 0 Å². The Balaban J connectivity index is 1.50. The van der Waals surface area contributed by atoms with Crippen LogP contribution < -0.4 is 20.9 Å². The molecule has 0 spiro atoms. The monoisotopic (exact) mass is 338 g/mol. The Hall–Kier alpha value is -3.06. The minimum atomic E-state index is -0.146. The van der Waals surface area contributed by atoms with Gasteiger partial charge in [0.1, 0.15) is 5.75 Å². The van der Waals surface area contributed by atoms with Crippen LogP contribution in [-0.4, -0.2) is 17.5 Å². The minimum absolute atomic E-state index is 0.0578. The SMILES string of the molecule is O=C1COc2ccc(-c3csc(NNc4ccccc4)n3)cc2N1. The number of hydrogen-bond acceptors (Lipinski definition) is 6. The second-order valence-electron chi connectivity index (χ2n) is 5.20. The van der Waals surface area contributed by atoms with Gasteiger partial charge >= 0.3 is 0 Å². The largest absolute Gasteiger partial charge is 0.482 e. The van der Waals surface area contributed by atoms with Gasteiger partial charge in [0.15, 0.2) is 6.61 Å². The number of carbonyl (C=O) groups is 1. The van der Waals surface area contributed by atoms with Crippen molar-refractivity contribution in [2.24, 2.45) is 0 Å². The lowest BCUT2D eigenvalue weighted by Crippen LogP contribution is -2.25. The summed E-state index contributed by atoms with van der Waals surface area (Å²) in [4.78, 5) is 16.0. The van der Waals surface area contributed by atoms with Crippen molar-refractivity contribution >= 4 is 33.8 Å². The fraction of sp³-hybridized carbons (Fsp3) is 0.0588. The van der Waals surface area contributed by atoms with Gasteiger partial charge in [0.25, 0.3) is 5.91 Å². The van der Waals surface area contributed by atoms with Gasteiger partial charge in [-0.05, 0) is 30.3 Å². The van der Waals surface area contributed by atoms with Gasteiger partial charge in [0, 0.05) is 10.9 Å². The number of nitrogens with one attached hydrogen (secondary N) is 3. The molecule has 0 atom stereocenters. The summed E-state index contributed by atoms with van der Waals surface area (Å²) in [6.45, 7) is 0.0578. The number of hydrazine groups is 1. The molecule has 4 rings (SSSR count). The average Bonchev–Trinajstić information content (AvgIpc) is 3.09. The number of para-hydroxylation sites is 1. The maximum Gasteiger partial charge on any atom is 0.262 e. The molecular formula is C17H14N4O2S. The van der Waals surface area contributed by atoms with Gasteiger partial charge < -0.3 is 10.1 Å². The van der Waals surface area contributed by atoms with E-state index in [2.05, 4.69) is 21.2 Å². The van der Waals surface area contributed by atoms with Crippen molar-refractivity contribution < 1.29 is 9.53 Å². The summed E-state index contributed by atoms with van der Waals surface area (Å²) in [5, 5.41) is 5.52. The highest BCUT2D eigenvalue weighted by molar-refractivity contribution is 7.14. The van der Waals surface area contributed by atoms with Gasteiger partial charge in [-0.2, -0.15) is 0 Å². The van der Waals surface area contributed by atoms with E-state index in [-0.39, 0.29) is 12.5 Å². The van der Waals surface area contributed by atoms with Crippen LogP contribution >= 0.6 is 11.3 Å². The Morgan fingerprint density at radius 2 is 2.00 bits per heavy atom. The van der Waals surface area contributed by atoms with E-state index < -0.39 is 0 Å². The Kier molecular flexibility index (Phi) is 3.76. The zero-order valence-electron chi connectivity index (χ0n) is 12.6. The highest BCUT2D eigenvalue weighted by Gasteiger charge is 2.17. The topological polar surface area (TPSA) is 75.3 Å². The third-order valence-electron chi connectivity index (χ3n) is 3.50. The van der Waals surface area contributed by atoms with E-state index in [1.165, 1.54) is 11.3 Å². The lowest BCUT2D eigenvalue weighted by Gasteiger charge is -2.18. The minimum Gasteiger partial charge on any atom is -0.482 e. The van der Waals surface area contributed by atoms with E-state index in [0.717, 1.165) is 22.1 Å². The highest BCUT2D eigenvalue weighted by Crippen LogP contribution is 2.33. The number of aromatic nitrogens is 1. The van der Waals surface area contributed by atoms with Crippen molar-refractivity contribution in [3.63, 3.8) is 0 Å². The van der Waals surface area contributed by atoms with Gasteiger partial charge in [-0.15, -0.1) is 11.3 Å². The molecule has 1 amide bonds. The normalized spacial score (nSPS) is 12.8. The highest BCUT2D eigenvalue weighted by atomic mass is 32.1. The molecule has 24 heavy (non-hydrogen) atoms. The van der Waals surface area contributed by atoms with E-state index in [4.69, 9.17) is 4.74 Å². The summed E-state index contributed by atoms with van der Waals surface area (Å²) in [7, 11) is 0. The first-order chi connectivity index (χ1) is 11.8. The molecule has 0 aliphatic carbocycles. The Bertz CT molecular complexity index is 879. The van der Waals surface area contributed by atoms with Gasteiger partial charge in [0.05, 0.1) is 17.1 Å². The summed E-state index contributed by atoms with van der Waals surface area (Å²) in [5.41, 5.74) is 9.57. The molecule has 3 N–H and O–H groups in total. The van der Waals surface area contributed by atoms with Crippen LogP contribution in [0.4, 0.5) is 16.5 Å². The number of carbonyl (C=O) groups excluding carboxylic acids is 1. The molecule has 3 aromatic rings. The fourth-order valence-electron chi connectivity index (χ4n) is 2.35. The third kappa shape index (κ3) is 3.02. The smallest absolute Gasteiger partial charge is 0.262 e. The molecule has 1 aromatic heterocycles. The standard InChI is InChI=1S/C17H14N4O2S/c22-16-9-23-15-7-6-11(8-13(15)18-16)14-10-24-17(19-14)21-20-12-4-2-1-3-5-12/h1-8,10,20H,9H2,(H,18,22)(H,19,21). The molecule has 0 saturated heterocycles. The number of nitrogens with zero attached hydrogens (tertiary/aromatic N) is 1. The summed E-state index contributed by atoms with van der Waals surface area (Å²) in [5.74, 6) is 0.532. The fourth-order valence-corrected chi connectivity index (χ4v) is 3.03. The molecular weight excluding hydrogens is 324 g/mol. The third-order valence-corrected chi connectivity index (χ3v) is 4.26. The van der Waals surface area contributed by atoms with Crippen LogP contribution in [0, 0.1) is 0 Å². The first kappa shape index (κ1) is 14.5. The lowest BCUT2D eigenvalue weighted by molar-refractivity contribution is -0.118. The van der Waals surface area contributed by atoms with Crippen LogP contribution in [0.5, 0.6) is 5.75 Å². The number of fused-ring (bicyclic) bond motifs is 1. The van der Waals surface area contributed by atoms with Crippen molar-refractivity contribution in [3.8, 4) is 17.0 Å². The van der Waals surface area contributed by atoms with Crippen LogP contribution in [-0.2, 0) is 4.79 Å². The van der Waals surface area contributed by atoms with Crippen molar-refractivity contribution in [3.05, 3.63) is 53.9 Å². The van der Waals surface area contributed by atoms with Crippen molar-refractivity contribution in [2.45, 2.75) is 0 Å². The van der Waals surface area contributed by atoms with E-state index in [1.807, 2.05) is 53.9 Å². The quantitative estimate of drug-likeness (QED) is 0.634. The second kappa shape index (κ2) is 6.21. The van der Waals surface area contributed by atoms with E-state index in [9.17, 15) is 4.79 Å². The lowest BCUT2D eigenvalue weighted by atomic mass is 10.1. The van der Waals surface area contributed by atoms with Crippen molar-refractivity contribution in [1.29, 1.82) is 0 Å². The summed E-state index contributed by atoms with van der Waals surface area (Å²) in [6, 6.07) is 15.5. The Morgan fingerprint density at radius 3 is 2.88 bits per heavy atom. The summed E-state index contributed by atoms with van der Waals surface area (Å²) in [6.07, 6.45) is 0. The van der Waals surface area contributed by atoms with Crippen molar-refractivity contribution in [2.75, 3.05) is 22.8 Å². The van der Waals surface area contributed by atoms with Crippen LogP contribution in [0.1, 0.15) is 0 Å². The number of ether oxygens (including phenoxy) is 1. The maximum atomic E-state index is 11.4. The molecule has 7 heteroatoms. The Morgan fingerprint density at radius 1 is 1.12 bits per heavy atom. The van der Waals surface area contributed by atoms with Gasteiger partial charge in [0.2, 0.25) is 5.13 Å². The Labute approximate surface area is 142 Å². The molecule has 6 nitrogen and oxygen atoms in total. The summed E-state index contributed by atoms with van der Waals surface area (Å²) < 4.78 is 5.37. The second-order valence-corrected chi connectivity index (χ2v) is 6.06. The first-order valence-electron chi connectivity index (χ1n) is 7.37. The summed E-state index contributed by atoms with van der Waals surface area (Å²) >= 11 is 1.50. The average molecular weight is 338 g/mol. The molecule has 0 unspecified atom stereocenters. The predicted molar refractivity (Wildman–Crippen MR) is 95.4 cm³/mol. The zero-order chi connectivity index (χ0) is 16.4. The van der Waals surface area contributed by atoms with Crippen LogP contribution in [0.25, 0.3) is 11.3 Å². The molecule has 0 radical (unpaired) electrons. The number of amides is 1. The van der Waals surface area contributed by atoms with E-state index in [0.29, 0.717) is 11.4 Å². The van der Waals surface area contributed by atoms with Crippen molar-refractivity contribution in [1.82, 2.24) is 4.98 Å². The maximum absolute atomic E-state index is 11.4. The van der Waals surface area contributed by atoms with Crippen LogP contribution in [0.15, 0.2) is 53.9 Å². The number of hydrogen-bond donors (Lipinski definition) is 3. The number of benzene rings is 2. The predicted octanol–water partition coefficient (Wildman–Crippen LogP) is 3.58. The molecule has 0 fully saturated rings. The molecule has 1 aliphatic rings. The molecule has 1 aliphatic heterocycles. The molecule has 0 bridgehead atoms. The van der Waals surface area contributed by atoms with Gasteiger partial charge in [-0.3, -0.25) is 15.6 Å². The van der Waals surface area contributed by atoms with Crippen LogP contribution in [0.2, 0.25) is 0 Å². The molecule has 120 valence electrons. The number of anilines is 3. The van der Waals surface area contributed by atoms with E-state index in [1.54, 1.807) is 0 Å². The molecule has 2 heterocycles.